The Labute approximate surface area is 107 Å². The van der Waals surface area contributed by atoms with Crippen LogP contribution in [0, 0.1) is 0 Å². The lowest BCUT2D eigenvalue weighted by Crippen LogP contribution is -2.21. The van der Waals surface area contributed by atoms with Crippen molar-refractivity contribution in [1.82, 2.24) is 0 Å². The zero-order valence-electron chi connectivity index (χ0n) is 11.4. The Morgan fingerprint density at radius 3 is 1.65 bits per heavy atom. The van der Waals surface area contributed by atoms with E-state index in [1.54, 1.807) is 0 Å². The molecule has 0 radical (unpaired) electrons. The van der Waals surface area contributed by atoms with Crippen LogP contribution >= 0.6 is 0 Å². The number of hydrogen-bond acceptors (Lipinski definition) is 1. The summed E-state index contributed by atoms with van der Waals surface area (Å²) >= 11 is 0. The second-order valence-electron chi connectivity index (χ2n) is 4.25. The van der Waals surface area contributed by atoms with Crippen LogP contribution < -0.4 is 0 Å². The fraction of sp³-hybridized carbons (Fsp3) is 0.625. The van der Waals surface area contributed by atoms with Crippen LogP contribution in [0.2, 0.25) is 0 Å². The third-order valence-corrected chi connectivity index (χ3v) is 2.66. The predicted octanol–water partition coefficient (Wildman–Crippen LogP) is 4.80. The minimum atomic E-state index is 0.295. The van der Waals surface area contributed by atoms with Gasteiger partial charge >= 0.3 is 0 Å². The van der Waals surface area contributed by atoms with E-state index in [0.717, 1.165) is 38.5 Å². The molecule has 96 valence electrons. The molecule has 0 saturated carbocycles. The van der Waals surface area contributed by atoms with Crippen molar-refractivity contribution in [2.24, 2.45) is 0 Å². The first-order valence-corrected chi connectivity index (χ1v) is 6.62. The molecule has 0 spiro atoms. The van der Waals surface area contributed by atoms with Gasteiger partial charge in [0.2, 0.25) is 0 Å². The predicted molar refractivity (Wildman–Crippen MR) is 75.1 cm³/mol. The molecule has 0 aromatic heterocycles. The van der Waals surface area contributed by atoms with Crippen LogP contribution in [0.5, 0.6) is 0 Å². The van der Waals surface area contributed by atoms with E-state index >= 15 is 0 Å². The minimum Gasteiger partial charge on any atom is -0.374 e. The number of hydrogen-bond donors (Lipinski definition) is 0. The molecule has 0 aromatic rings. The molecule has 0 aliphatic rings. The van der Waals surface area contributed by atoms with Gasteiger partial charge in [-0.15, -0.1) is 11.5 Å². The second kappa shape index (κ2) is 11.5. The topological polar surface area (TPSA) is 9.23 Å². The molecular weight excluding hydrogens is 208 g/mol. The van der Waals surface area contributed by atoms with Gasteiger partial charge in [-0.25, -0.2) is 0 Å². The fourth-order valence-electron chi connectivity index (χ4n) is 1.83. The summed E-state index contributed by atoms with van der Waals surface area (Å²) in [6.07, 6.45) is 10.8. The summed E-state index contributed by atoms with van der Waals surface area (Å²) in [5, 5.41) is 0. The molecule has 0 N–H and O–H groups in total. The lowest BCUT2D eigenvalue weighted by molar-refractivity contribution is -0.0173. The van der Waals surface area contributed by atoms with E-state index in [1.165, 1.54) is 0 Å². The molecule has 1 nitrogen and oxygen atoms in total. The Morgan fingerprint density at radius 2 is 1.35 bits per heavy atom. The van der Waals surface area contributed by atoms with Gasteiger partial charge in [0.25, 0.3) is 0 Å². The molecule has 0 amide bonds. The monoisotopic (exact) mass is 234 g/mol. The second-order valence-corrected chi connectivity index (χ2v) is 4.25. The zero-order valence-corrected chi connectivity index (χ0v) is 11.4. The highest BCUT2D eigenvalue weighted by molar-refractivity contribution is 4.83. The van der Waals surface area contributed by atoms with Crippen LogP contribution in [-0.4, -0.2) is 12.2 Å². The highest BCUT2D eigenvalue weighted by Crippen LogP contribution is 2.16. The number of rotatable bonds is 10. The molecular formula is C16H26O. The third kappa shape index (κ3) is 8.77. The van der Waals surface area contributed by atoms with Crippen LogP contribution in [-0.2, 0) is 4.74 Å². The van der Waals surface area contributed by atoms with E-state index in [4.69, 9.17) is 4.74 Å². The molecule has 1 heteroatoms. The minimum absolute atomic E-state index is 0.295. The molecule has 17 heavy (non-hydrogen) atoms. The maximum atomic E-state index is 6.14. The summed E-state index contributed by atoms with van der Waals surface area (Å²) in [4.78, 5) is 0. The van der Waals surface area contributed by atoms with Gasteiger partial charge in [0.1, 0.15) is 0 Å². The Bertz CT molecular complexity index is 239. The molecule has 0 aromatic carbocycles. The molecule has 0 rings (SSSR count). The van der Waals surface area contributed by atoms with E-state index in [1.807, 2.05) is 12.2 Å². The van der Waals surface area contributed by atoms with Gasteiger partial charge < -0.3 is 4.74 Å². The highest BCUT2D eigenvalue weighted by atomic mass is 16.5. The summed E-state index contributed by atoms with van der Waals surface area (Å²) in [6, 6.07) is 0. The summed E-state index contributed by atoms with van der Waals surface area (Å²) in [5.41, 5.74) is 5.64. The Hall–Kier alpha value is -1.00. The van der Waals surface area contributed by atoms with Gasteiger partial charge in [-0.3, -0.25) is 0 Å². The fourth-order valence-corrected chi connectivity index (χ4v) is 1.83. The van der Waals surface area contributed by atoms with Gasteiger partial charge in [-0.05, 0) is 37.8 Å². The van der Waals surface area contributed by atoms with Crippen molar-refractivity contribution in [1.29, 1.82) is 0 Å². The van der Waals surface area contributed by atoms with E-state index < -0.39 is 0 Å². The van der Waals surface area contributed by atoms with Gasteiger partial charge in [-0.1, -0.05) is 39.8 Å². The molecule has 2 atom stereocenters. The van der Waals surface area contributed by atoms with Crippen LogP contribution in [0.1, 0.15) is 52.4 Å². The van der Waals surface area contributed by atoms with E-state index in [0.29, 0.717) is 12.2 Å². The summed E-state index contributed by atoms with van der Waals surface area (Å²) in [6.45, 7) is 11.6. The SMILES string of the molecule is C=C=CCC(CCC)OC(CC=C=C)CCC. The first-order valence-electron chi connectivity index (χ1n) is 6.62. The molecule has 0 aliphatic carbocycles. The Kier molecular flexibility index (Phi) is 10.8. The van der Waals surface area contributed by atoms with E-state index in [-0.39, 0.29) is 0 Å². The first-order chi connectivity index (χ1) is 8.28. The molecule has 0 saturated heterocycles. The van der Waals surface area contributed by atoms with Gasteiger partial charge in [0.05, 0.1) is 12.2 Å². The van der Waals surface area contributed by atoms with Crippen LogP contribution in [0.3, 0.4) is 0 Å². The van der Waals surface area contributed by atoms with Crippen molar-refractivity contribution in [2.75, 3.05) is 0 Å². The lowest BCUT2D eigenvalue weighted by Gasteiger charge is -2.22. The van der Waals surface area contributed by atoms with Crippen LogP contribution in [0.25, 0.3) is 0 Å². The van der Waals surface area contributed by atoms with Crippen molar-refractivity contribution in [3.05, 3.63) is 36.8 Å². The normalized spacial score (nSPS) is 13.3. The molecule has 0 bridgehead atoms. The molecule has 0 aliphatic heterocycles. The molecule has 0 heterocycles. The Morgan fingerprint density at radius 1 is 0.941 bits per heavy atom. The van der Waals surface area contributed by atoms with E-state index in [9.17, 15) is 0 Å². The standard InChI is InChI=1S/C16H26O/c1-5-9-13-15(11-7-3)17-16(12-8-4)14-10-6-2/h9-10,15-16H,1-2,7-8,11-14H2,3-4H3. The lowest BCUT2D eigenvalue weighted by atomic mass is 10.1. The molecule has 0 fully saturated rings. The quantitative estimate of drug-likeness (QED) is 0.493. The largest absolute Gasteiger partial charge is 0.374 e. The van der Waals surface area contributed by atoms with Gasteiger partial charge in [-0.2, -0.15) is 0 Å². The maximum absolute atomic E-state index is 6.14. The zero-order chi connectivity index (χ0) is 12.9. The van der Waals surface area contributed by atoms with Crippen molar-refractivity contribution in [3.8, 4) is 0 Å². The first kappa shape index (κ1) is 16.0. The average Bonchev–Trinajstić information content (AvgIpc) is 2.33. The summed E-state index contributed by atoms with van der Waals surface area (Å²) in [7, 11) is 0. The van der Waals surface area contributed by atoms with E-state index in [2.05, 4.69) is 38.5 Å². The summed E-state index contributed by atoms with van der Waals surface area (Å²) < 4.78 is 6.14. The van der Waals surface area contributed by atoms with Crippen molar-refractivity contribution < 1.29 is 4.74 Å². The molecule has 2 unspecified atom stereocenters. The number of ether oxygens (including phenoxy) is 1. The highest BCUT2D eigenvalue weighted by Gasteiger charge is 2.13. The smallest absolute Gasteiger partial charge is 0.0619 e. The maximum Gasteiger partial charge on any atom is 0.0619 e. The van der Waals surface area contributed by atoms with Crippen LogP contribution in [0.15, 0.2) is 36.8 Å². The van der Waals surface area contributed by atoms with Crippen LogP contribution in [0.4, 0.5) is 0 Å². The third-order valence-electron chi connectivity index (χ3n) is 2.66. The van der Waals surface area contributed by atoms with Crippen molar-refractivity contribution in [3.63, 3.8) is 0 Å². The van der Waals surface area contributed by atoms with Crippen molar-refractivity contribution >= 4 is 0 Å². The van der Waals surface area contributed by atoms with Crippen molar-refractivity contribution in [2.45, 2.75) is 64.6 Å². The Balaban J connectivity index is 4.30. The van der Waals surface area contributed by atoms with Gasteiger partial charge in [0.15, 0.2) is 0 Å². The van der Waals surface area contributed by atoms with Gasteiger partial charge in [0, 0.05) is 0 Å². The summed E-state index contributed by atoms with van der Waals surface area (Å²) in [5.74, 6) is 0. The average molecular weight is 234 g/mol.